The van der Waals surface area contributed by atoms with Gasteiger partial charge in [0, 0.05) is 10.1 Å². The second-order valence-corrected chi connectivity index (χ2v) is 6.42. The molecule has 3 rings (SSSR count). The Labute approximate surface area is 136 Å². The first kappa shape index (κ1) is 16.1. The molecule has 1 atom stereocenters. The summed E-state index contributed by atoms with van der Waals surface area (Å²) in [7, 11) is 0. The highest BCUT2D eigenvalue weighted by Gasteiger charge is 2.26. The third-order valence-electron chi connectivity index (χ3n) is 3.52. The Morgan fingerprint density at radius 1 is 1.04 bits per heavy atom. The van der Waals surface area contributed by atoms with Crippen molar-refractivity contribution in [3.05, 3.63) is 53.3 Å². The molecule has 0 aliphatic carbocycles. The molecule has 0 N–H and O–H groups in total. The number of thioether (sulfide) groups is 1. The highest BCUT2D eigenvalue weighted by atomic mass is 32.2. The van der Waals surface area contributed by atoms with E-state index in [0.717, 1.165) is 5.56 Å². The molecule has 2 aromatic carbocycles. The number of hydrogen-bond donors (Lipinski definition) is 0. The summed E-state index contributed by atoms with van der Waals surface area (Å²) in [5, 5.41) is -0.0315. The van der Waals surface area contributed by atoms with Crippen molar-refractivity contribution in [2.75, 3.05) is 13.2 Å². The Bertz CT molecular complexity index is 721. The molecule has 0 spiro atoms. The largest absolute Gasteiger partial charge is 0.491 e. The number of halogens is 3. The van der Waals surface area contributed by atoms with Gasteiger partial charge in [0.05, 0.1) is 6.61 Å². The maximum atomic E-state index is 13.9. The lowest BCUT2D eigenvalue weighted by Gasteiger charge is -2.13. The maximum absolute atomic E-state index is 13.9. The van der Waals surface area contributed by atoms with Crippen LogP contribution in [0.25, 0.3) is 0 Å². The minimum atomic E-state index is -1.07. The van der Waals surface area contributed by atoms with Crippen LogP contribution in [0.1, 0.15) is 12.5 Å². The summed E-state index contributed by atoms with van der Waals surface area (Å²) in [4.78, 5) is 0.611. The van der Waals surface area contributed by atoms with E-state index in [1.54, 1.807) is 13.0 Å². The van der Waals surface area contributed by atoms with Gasteiger partial charge in [0.1, 0.15) is 12.4 Å². The summed E-state index contributed by atoms with van der Waals surface area (Å²) >= 11 is 1.36. The number of ether oxygens (including phenoxy) is 2. The summed E-state index contributed by atoms with van der Waals surface area (Å²) in [6.45, 7) is 2.11. The molecule has 6 heteroatoms. The molecule has 0 saturated carbocycles. The van der Waals surface area contributed by atoms with Crippen LogP contribution < -0.4 is 9.47 Å². The van der Waals surface area contributed by atoms with E-state index in [0.29, 0.717) is 11.3 Å². The summed E-state index contributed by atoms with van der Waals surface area (Å²) < 4.78 is 51.8. The molecule has 2 nitrogen and oxygen atoms in total. The molecular weight excluding hydrogens is 325 g/mol. The van der Waals surface area contributed by atoms with Crippen molar-refractivity contribution >= 4 is 11.8 Å². The van der Waals surface area contributed by atoms with Crippen molar-refractivity contribution in [2.24, 2.45) is 0 Å². The number of hydrogen-bond acceptors (Lipinski definition) is 3. The third-order valence-corrected chi connectivity index (χ3v) is 4.85. The van der Waals surface area contributed by atoms with E-state index < -0.39 is 11.6 Å². The average Bonchev–Trinajstić information content (AvgIpc) is 2.96. The van der Waals surface area contributed by atoms with Crippen LogP contribution in [0.4, 0.5) is 13.2 Å². The van der Waals surface area contributed by atoms with E-state index >= 15 is 0 Å². The predicted molar refractivity (Wildman–Crippen MR) is 82.8 cm³/mol. The second-order valence-electron chi connectivity index (χ2n) is 5.11. The van der Waals surface area contributed by atoms with E-state index in [1.165, 1.54) is 30.0 Å². The summed E-state index contributed by atoms with van der Waals surface area (Å²) in [6, 6.07) is 7.63. The Hall–Kier alpha value is -1.82. The first-order valence-electron chi connectivity index (χ1n) is 7.27. The van der Waals surface area contributed by atoms with Crippen LogP contribution in [0.5, 0.6) is 11.5 Å². The lowest BCUT2D eigenvalue weighted by molar-refractivity contribution is 0.282. The molecule has 0 aromatic heterocycles. The molecule has 1 unspecified atom stereocenters. The molecule has 0 amide bonds. The first-order chi connectivity index (χ1) is 11.1. The monoisotopic (exact) mass is 340 g/mol. The van der Waals surface area contributed by atoms with Gasteiger partial charge in [-0.3, -0.25) is 0 Å². The zero-order valence-corrected chi connectivity index (χ0v) is 13.3. The minimum absolute atomic E-state index is 0.0315. The molecule has 122 valence electrons. The van der Waals surface area contributed by atoms with E-state index in [9.17, 15) is 13.2 Å². The van der Waals surface area contributed by atoms with Gasteiger partial charge in [0.25, 0.3) is 0 Å². The van der Waals surface area contributed by atoms with E-state index in [4.69, 9.17) is 9.47 Å². The molecule has 2 aromatic rings. The van der Waals surface area contributed by atoms with E-state index in [1.807, 2.05) is 6.07 Å². The van der Waals surface area contributed by atoms with Gasteiger partial charge in [0.2, 0.25) is 11.6 Å². The lowest BCUT2D eigenvalue weighted by Crippen LogP contribution is -2.14. The normalized spacial score (nSPS) is 16.3. The lowest BCUT2D eigenvalue weighted by atomic mass is 10.1. The fourth-order valence-corrected chi connectivity index (χ4v) is 3.68. The van der Waals surface area contributed by atoms with Crippen molar-refractivity contribution in [3.8, 4) is 11.5 Å². The standard InChI is InChI=1S/C17H15F3O2S/c1-2-21-13-6-7-14(16(20)15(13)19)22-9-11-8-10-4-3-5-12(18)17(10)23-11/h3-7,11H,2,8-9H2,1H3. The van der Waals surface area contributed by atoms with Crippen molar-refractivity contribution < 1.29 is 22.6 Å². The number of fused-ring (bicyclic) bond motifs is 1. The van der Waals surface area contributed by atoms with Gasteiger partial charge in [0.15, 0.2) is 11.5 Å². The highest BCUT2D eigenvalue weighted by Crippen LogP contribution is 2.39. The maximum Gasteiger partial charge on any atom is 0.204 e. The molecule has 0 saturated heterocycles. The topological polar surface area (TPSA) is 18.5 Å². The zero-order valence-electron chi connectivity index (χ0n) is 12.4. The van der Waals surface area contributed by atoms with Gasteiger partial charge in [-0.2, -0.15) is 8.78 Å². The fraction of sp³-hybridized carbons (Fsp3) is 0.294. The van der Waals surface area contributed by atoms with Crippen LogP contribution in [0, 0.1) is 17.5 Å². The van der Waals surface area contributed by atoms with E-state index in [-0.39, 0.29) is 35.8 Å². The number of rotatable bonds is 5. The van der Waals surface area contributed by atoms with Crippen LogP contribution in [0.15, 0.2) is 35.2 Å². The summed E-state index contributed by atoms with van der Waals surface area (Å²) in [5.41, 5.74) is 0.918. The van der Waals surface area contributed by atoms with Crippen molar-refractivity contribution in [2.45, 2.75) is 23.5 Å². The van der Waals surface area contributed by atoms with Crippen LogP contribution in [-0.2, 0) is 6.42 Å². The van der Waals surface area contributed by atoms with Gasteiger partial charge in [-0.05, 0) is 37.1 Å². The van der Waals surface area contributed by atoms with Crippen molar-refractivity contribution in [1.82, 2.24) is 0 Å². The Morgan fingerprint density at radius 2 is 1.74 bits per heavy atom. The molecule has 0 bridgehead atoms. The third kappa shape index (κ3) is 3.27. The Morgan fingerprint density at radius 3 is 2.39 bits per heavy atom. The molecule has 23 heavy (non-hydrogen) atoms. The van der Waals surface area contributed by atoms with Crippen molar-refractivity contribution in [3.63, 3.8) is 0 Å². The molecular formula is C17H15F3O2S. The van der Waals surface area contributed by atoms with Gasteiger partial charge in [-0.25, -0.2) is 4.39 Å². The molecule has 1 aliphatic heterocycles. The van der Waals surface area contributed by atoms with Gasteiger partial charge < -0.3 is 9.47 Å². The van der Waals surface area contributed by atoms with Crippen molar-refractivity contribution in [1.29, 1.82) is 0 Å². The molecule has 1 aliphatic rings. The highest BCUT2D eigenvalue weighted by molar-refractivity contribution is 8.00. The van der Waals surface area contributed by atoms with E-state index in [2.05, 4.69) is 0 Å². The average molecular weight is 340 g/mol. The van der Waals surface area contributed by atoms with Crippen LogP contribution in [0.3, 0.4) is 0 Å². The molecule has 1 heterocycles. The zero-order chi connectivity index (χ0) is 16.4. The van der Waals surface area contributed by atoms with Crippen LogP contribution >= 0.6 is 11.8 Å². The SMILES string of the molecule is CCOc1ccc(OCC2Cc3cccc(F)c3S2)c(F)c1F. The summed E-state index contributed by atoms with van der Waals surface area (Å²) in [5.74, 6) is -2.68. The Balaban J connectivity index is 1.66. The van der Waals surface area contributed by atoms with Gasteiger partial charge >= 0.3 is 0 Å². The Kier molecular flexibility index (Phi) is 4.71. The minimum Gasteiger partial charge on any atom is -0.491 e. The molecule has 0 fully saturated rings. The van der Waals surface area contributed by atoms with Crippen LogP contribution in [0.2, 0.25) is 0 Å². The summed E-state index contributed by atoms with van der Waals surface area (Å²) in [6.07, 6.45) is 0.638. The predicted octanol–water partition coefficient (Wildman–Crippen LogP) is 4.60. The van der Waals surface area contributed by atoms with Gasteiger partial charge in [-0.15, -0.1) is 11.8 Å². The quantitative estimate of drug-likeness (QED) is 0.793. The second kappa shape index (κ2) is 6.74. The van der Waals surface area contributed by atoms with Gasteiger partial charge in [-0.1, -0.05) is 12.1 Å². The first-order valence-corrected chi connectivity index (χ1v) is 8.15. The number of benzene rings is 2. The van der Waals surface area contributed by atoms with Crippen LogP contribution in [-0.4, -0.2) is 18.5 Å². The fourth-order valence-electron chi connectivity index (χ4n) is 2.47. The smallest absolute Gasteiger partial charge is 0.204 e. The molecule has 0 radical (unpaired) electrons.